The summed E-state index contributed by atoms with van der Waals surface area (Å²) in [6, 6.07) is 3.99. The lowest BCUT2D eigenvalue weighted by Gasteiger charge is -2.25. The van der Waals surface area contributed by atoms with Crippen molar-refractivity contribution >= 4 is 23.1 Å². The van der Waals surface area contributed by atoms with E-state index in [0.717, 1.165) is 24.3 Å². The number of carbonyl (C=O) groups is 1. The lowest BCUT2D eigenvalue weighted by Crippen LogP contribution is -2.37. The third kappa shape index (κ3) is 3.42. The molecule has 1 atom stereocenters. The molecule has 0 spiro atoms. The van der Waals surface area contributed by atoms with Gasteiger partial charge in [-0.1, -0.05) is 6.07 Å². The second kappa shape index (κ2) is 6.85. The number of thiophene rings is 1. The van der Waals surface area contributed by atoms with Crippen molar-refractivity contribution in [3.63, 3.8) is 0 Å². The van der Waals surface area contributed by atoms with Gasteiger partial charge < -0.3 is 15.4 Å². The average Bonchev–Trinajstić information content (AvgIpc) is 3.20. The molecule has 22 heavy (non-hydrogen) atoms. The minimum absolute atomic E-state index is 0.0850. The van der Waals surface area contributed by atoms with E-state index in [1.165, 1.54) is 12.4 Å². The fraction of sp³-hybridized carbons (Fsp3) is 0.400. The van der Waals surface area contributed by atoms with Crippen molar-refractivity contribution in [2.45, 2.75) is 25.5 Å². The third-order valence-corrected chi connectivity index (χ3v) is 4.45. The smallest absolute Gasteiger partial charge is 0.276 e. The van der Waals surface area contributed by atoms with Crippen LogP contribution in [0, 0.1) is 0 Å². The molecule has 2 aromatic heterocycles. The second-order valence-electron chi connectivity index (χ2n) is 5.19. The first kappa shape index (κ1) is 14.9. The second-order valence-corrected chi connectivity index (χ2v) is 6.22. The molecule has 0 bridgehead atoms. The molecule has 1 saturated heterocycles. The zero-order chi connectivity index (χ0) is 15.4. The molecule has 0 aromatic carbocycles. The van der Waals surface area contributed by atoms with Gasteiger partial charge in [0.2, 0.25) is 0 Å². The summed E-state index contributed by atoms with van der Waals surface area (Å²) in [5.41, 5.74) is 6.00. The molecule has 2 aromatic rings. The third-order valence-electron chi connectivity index (χ3n) is 3.59. The van der Waals surface area contributed by atoms with Crippen LogP contribution in [0.15, 0.2) is 29.9 Å². The number of hydrogen-bond donors (Lipinski definition) is 1. The van der Waals surface area contributed by atoms with Crippen molar-refractivity contribution in [2.24, 2.45) is 0 Å². The molecule has 2 N–H and O–H groups in total. The topological polar surface area (TPSA) is 81.3 Å². The molecule has 1 fully saturated rings. The summed E-state index contributed by atoms with van der Waals surface area (Å²) in [4.78, 5) is 23.7. The van der Waals surface area contributed by atoms with Crippen LogP contribution < -0.4 is 5.73 Å². The first-order valence-electron chi connectivity index (χ1n) is 7.24. The number of hydrogen-bond acceptors (Lipinski definition) is 6. The van der Waals surface area contributed by atoms with E-state index in [1.807, 2.05) is 17.5 Å². The molecule has 1 aliphatic heterocycles. The molecule has 0 radical (unpaired) electrons. The van der Waals surface area contributed by atoms with Crippen LogP contribution in [-0.2, 0) is 11.3 Å². The van der Waals surface area contributed by atoms with Gasteiger partial charge in [0.05, 0.1) is 12.6 Å². The predicted molar refractivity (Wildman–Crippen MR) is 84.5 cm³/mol. The van der Waals surface area contributed by atoms with Gasteiger partial charge in [0.1, 0.15) is 0 Å². The molecule has 116 valence electrons. The van der Waals surface area contributed by atoms with E-state index in [2.05, 4.69) is 9.97 Å². The number of ether oxygens (including phenoxy) is 1. The molecule has 1 aliphatic rings. The van der Waals surface area contributed by atoms with Gasteiger partial charge in [0.25, 0.3) is 5.91 Å². The SMILES string of the molecule is Nc1nccnc1C(=O)N(Cc1cccs1)C[C@H]1CCCO1. The van der Waals surface area contributed by atoms with Gasteiger partial charge in [-0.25, -0.2) is 9.97 Å². The van der Waals surface area contributed by atoms with Gasteiger partial charge in [-0.05, 0) is 24.3 Å². The summed E-state index contributed by atoms with van der Waals surface area (Å²) in [7, 11) is 0. The number of carbonyl (C=O) groups excluding carboxylic acids is 1. The Hall–Kier alpha value is -1.99. The zero-order valence-electron chi connectivity index (χ0n) is 12.1. The summed E-state index contributed by atoms with van der Waals surface area (Å²) < 4.78 is 5.66. The number of amides is 1. The number of nitrogen functional groups attached to an aromatic ring is 1. The van der Waals surface area contributed by atoms with Gasteiger partial charge in [0.15, 0.2) is 11.5 Å². The van der Waals surface area contributed by atoms with Crippen LogP contribution in [0.4, 0.5) is 5.82 Å². The van der Waals surface area contributed by atoms with Gasteiger partial charge in [-0.3, -0.25) is 4.79 Å². The maximum absolute atomic E-state index is 12.8. The minimum atomic E-state index is -0.200. The van der Waals surface area contributed by atoms with Crippen LogP contribution in [0.2, 0.25) is 0 Å². The number of rotatable bonds is 5. The lowest BCUT2D eigenvalue weighted by atomic mass is 10.2. The van der Waals surface area contributed by atoms with Crippen LogP contribution in [0.5, 0.6) is 0 Å². The maximum atomic E-state index is 12.8. The van der Waals surface area contributed by atoms with Crippen LogP contribution >= 0.6 is 11.3 Å². The molecule has 1 amide bonds. The Morgan fingerprint density at radius 2 is 2.32 bits per heavy atom. The highest BCUT2D eigenvalue weighted by molar-refractivity contribution is 7.09. The van der Waals surface area contributed by atoms with Gasteiger partial charge >= 0.3 is 0 Å². The first-order valence-corrected chi connectivity index (χ1v) is 8.12. The predicted octanol–water partition coefficient (Wildman–Crippen LogP) is 1.94. The molecule has 7 heteroatoms. The van der Waals surface area contributed by atoms with Gasteiger partial charge in [-0.2, -0.15) is 0 Å². The Morgan fingerprint density at radius 1 is 1.45 bits per heavy atom. The average molecular weight is 318 g/mol. The molecular formula is C15H18N4O2S. The van der Waals surface area contributed by atoms with E-state index in [-0.39, 0.29) is 23.5 Å². The highest BCUT2D eigenvalue weighted by Crippen LogP contribution is 2.19. The molecule has 0 unspecified atom stereocenters. The zero-order valence-corrected chi connectivity index (χ0v) is 13.0. The molecule has 6 nitrogen and oxygen atoms in total. The molecule has 3 heterocycles. The number of nitrogens with two attached hydrogens (primary N) is 1. The van der Waals surface area contributed by atoms with Gasteiger partial charge in [-0.15, -0.1) is 11.3 Å². The molecule has 0 aliphatic carbocycles. The van der Waals surface area contributed by atoms with Crippen molar-refractivity contribution in [1.82, 2.24) is 14.9 Å². The molecular weight excluding hydrogens is 300 g/mol. The van der Waals surface area contributed by atoms with E-state index in [9.17, 15) is 4.79 Å². The normalized spacial score (nSPS) is 17.5. The highest BCUT2D eigenvalue weighted by atomic mass is 32.1. The van der Waals surface area contributed by atoms with E-state index >= 15 is 0 Å². The number of anilines is 1. The van der Waals surface area contributed by atoms with Crippen LogP contribution in [0.3, 0.4) is 0 Å². The Kier molecular flexibility index (Phi) is 4.65. The van der Waals surface area contributed by atoms with Crippen molar-refractivity contribution in [2.75, 3.05) is 18.9 Å². The van der Waals surface area contributed by atoms with Crippen molar-refractivity contribution in [3.05, 3.63) is 40.5 Å². The van der Waals surface area contributed by atoms with Crippen molar-refractivity contribution in [3.8, 4) is 0 Å². The largest absolute Gasteiger partial charge is 0.382 e. The first-order chi connectivity index (χ1) is 10.7. The van der Waals surface area contributed by atoms with Crippen molar-refractivity contribution < 1.29 is 9.53 Å². The Bertz CT molecular complexity index is 626. The van der Waals surface area contributed by atoms with Crippen LogP contribution in [0.25, 0.3) is 0 Å². The highest BCUT2D eigenvalue weighted by Gasteiger charge is 2.26. The van der Waals surface area contributed by atoms with E-state index < -0.39 is 0 Å². The Labute approximate surface area is 132 Å². The van der Waals surface area contributed by atoms with Crippen molar-refractivity contribution in [1.29, 1.82) is 0 Å². The standard InChI is InChI=1S/C15H18N4O2S/c16-14-13(17-5-6-18-14)15(20)19(9-11-3-1-7-21-11)10-12-4-2-8-22-12/h2,4-6,8,11H,1,3,7,9-10H2,(H2,16,18)/t11-/m1/s1. The Balaban J connectivity index is 1.80. The molecule has 0 saturated carbocycles. The van der Waals surface area contributed by atoms with E-state index in [4.69, 9.17) is 10.5 Å². The van der Waals surface area contributed by atoms with E-state index in [1.54, 1.807) is 16.2 Å². The van der Waals surface area contributed by atoms with Gasteiger partial charge in [0, 0.05) is 30.4 Å². The number of nitrogens with zero attached hydrogens (tertiary/aromatic N) is 3. The van der Waals surface area contributed by atoms with Crippen LogP contribution in [-0.4, -0.2) is 40.0 Å². The number of aromatic nitrogens is 2. The summed E-state index contributed by atoms with van der Waals surface area (Å²) in [6.45, 7) is 1.85. The maximum Gasteiger partial charge on any atom is 0.276 e. The summed E-state index contributed by atoms with van der Waals surface area (Å²) >= 11 is 1.62. The fourth-order valence-electron chi connectivity index (χ4n) is 2.51. The Morgan fingerprint density at radius 3 is 3.00 bits per heavy atom. The summed E-state index contributed by atoms with van der Waals surface area (Å²) in [5.74, 6) is -0.0366. The summed E-state index contributed by atoms with van der Waals surface area (Å²) in [6.07, 6.45) is 5.07. The lowest BCUT2D eigenvalue weighted by molar-refractivity contribution is 0.0506. The summed E-state index contributed by atoms with van der Waals surface area (Å²) in [5, 5.41) is 2.00. The van der Waals surface area contributed by atoms with E-state index in [0.29, 0.717) is 13.1 Å². The van der Waals surface area contributed by atoms with Crippen LogP contribution in [0.1, 0.15) is 28.2 Å². The minimum Gasteiger partial charge on any atom is -0.382 e. The quantitative estimate of drug-likeness (QED) is 0.911. The fourth-order valence-corrected chi connectivity index (χ4v) is 3.23. The molecule has 3 rings (SSSR count). The monoisotopic (exact) mass is 318 g/mol.